The molecular formula is C23H19ClN2O7S. The minimum Gasteiger partial charge on any atom is -0.495 e. The minimum atomic E-state index is -4.36. The Hall–Kier alpha value is -3.76. The van der Waals surface area contributed by atoms with Crippen LogP contribution in [0.15, 0.2) is 71.6 Å². The number of rotatable bonds is 6. The summed E-state index contributed by atoms with van der Waals surface area (Å²) >= 11 is 6.03. The molecule has 3 aromatic rings. The molecule has 11 heteroatoms. The monoisotopic (exact) mass is 502 g/mol. The number of hydrogen-bond acceptors (Lipinski definition) is 6. The van der Waals surface area contributed by atoms with Crippen LogP contribution in [0.1, 0.15) is 10.4 Å². The second-order valence-electron chi connectivity index (χ2n) is 7.28. The van der Waals surface area contributed by atoms with E-state index in [9.17, 15) is 23.1 Å². The fourth-order valence-electron chi connectivity index (χ4n) is 3.44. The zero-order chi connectivity index (χ0) is 24.5. The molecule has 0 fully saturated rings. The first kappa shape index (κ1) is 23.4. The number of hydrogen-bond donors (Lipinski definition) is 2. The predicted octanol–water partition coefficient (Wildman–Crippen LogP) is 3.64. The maximum atomic E-state index is 13.7. The molecule has 1 aliphatic heterocycles. The number of benzene rings is 3. The van der Waals surface area contributed by atoms with Gasteiger partial charge in [0.05, 0.1) is 19.3 Å². The lowest BCUT2D eigenvalue weighted by Crippen LogP contribution is -2.47. The van der Waals surface area contributed by atoms with Gasteiger partial charge in [0.15, 0.2) is 0 Å². The number of aliphatic carboxylic acids is 1. The van der Waals surface area contributed by atoms with Crippen molar-refractivity contribution >= 4 is 44.9 Å². The summed E-state index contributed by atoms with van der Waals surface area (Å²) in [5, 5.41) is 12.4. The van der Waals surface area contributed by atoms with E-state index in [0.717, 1.165) is 4.31 Å². The van der Waals surface area contributed by atoms with Crippen molar-refractivity contribution in [1.29, 1.82) is 0 Å². The number of halogens is 1. The maximum absolute atomic E-state index is 13.7. The fourth-order valence-corrected chi connectivity index (χ4v) is 5.33. The summed E-state index contributed by atoms with van der Waals surface area (Å²) in [6, 6.07) is 16.9. The normalized spacial score (nSPS) is 15.1. The molecule has 0 radical (unpaired) electrons. The van der Waals surface area contributed by atoms with Gasteiger partial charge in [0.2, 0.25) is 6.10 Å². The number of nitrogens with zero attached hydrogens (tertiary/aromatic N) is 1. The van der Waals surface area contributed by atoms with E-state index in [2.05, 4.69) is 5.32 Å². The summed E-state index contributed by atoms with van der Waals surface area (Å²) in [5.74, 6) is -1.79. The van der Waals surface area contributed by atoms with Gasteiger partial charge in [0.25, 0.3) is 15.9 Å². The lowest BCUT2D eigenvalue weighted by molar-refractivity contribution is -0.144. The number of para-hydroxylation sites is 1. The number of ether oxygens (including phenoxy) is 2. The molecule has 2 N–H and O–H groups in total. The van der Waals surface area contributed by atoms with Gasteiger partial charge in [-0.15, -0.1) is 0 Å². The number of methoxy groups -OCH3 is 1. The summed E-state index contributed by atoms with van der Waals surface area (Å²) in [6.45, 7) is -0.524. The first-order valence-electron chi connectivity index (χ1n) is 9.97. The average molecular weight is 503 g/mol. The van der Waals surface area contributed by atoms with E-state index in [1.54, 1.807) is 30.3 Å². The van der Waals surface area contributed by atoms with E-state index in [0.29, 0.717) is 5.69 Å². The van der Waals surface area contributed by atoms with Gasteiger partial charge in [-0.1, -0.05) is 29.8 Å². The number of carbonyl (C=O) groups is 2. The Morgan fingerprint density at radius 1 is 1.12 bits per heavy atom. The van der Waals surface area contributed by atoms with Gasteiger partial charge in [0.1, 0.15) is 16.4 Å². The first-order valence-corrected chi connectivity index (χ1v) is 11.8. The zero-order valence-corrected chi connectivity index (χ0v) is 19.3. The number of carbonyl (C=O) groups excluding carboxylic acids is 1. The summed E-state index contributed by atoms with van der Waals surface area (Å²) in [4.78, 5) is 24.2. The molecule has 1 heterocycles. The summed E-state index contributed by atoms with van der Waals surface area (Å²) in [7, 11) is -3.05. The van der Waals surface area contributed by atoms with Crippen molar-refractivity contribution in [3.63, 3.8) is 0 Å². The van der Waals surface area contributed by atoms with Crippen LogP contribution in [0.25, 0.3) is 0 Å². The first-order chi connectivity index (χ1) is 16.2. The van der Waals surface area contributed by atoms with Gasteiger partial charge in [0, 0.05) is 16.3 Å². The van der Waals surface area contributed by atoms with Crippen molar-refractivity contribution in [2.75, 3.05) is 23.3 Å². The lowest BCUT2D eigenvalue weighted by Gasteiger charge is -2.34. The van der Waals surface area contributed by atoms with E-state index >= 15 is 0 Å². The number of amides is 1. The van der Waals surface area contributed by atoms with E-state index in [1.807, 2.05) is 0 Å². The third-order valence-corrected chi connectivity index (χ3v) is 7.13. The smallest absolute Gasteiger partial charge is 0.346 e. The second-order valence-corrected chi connectivity index (χ2v) is 9.55. The quantitative estimate of drug-likeness (QED) is 0.527. The SMILES string of the molecule is COc1ccc(Cl)cc1S(=O)(=O)N1C[C@H](C(=O)O)Oc2ccc(C(=O)Nc3ccccc3)cc21. The van der Waals surface area contributed by atoms with Gasteiger partial charge < -0.3 is 19.9 Å². The molecule has 4 rings (SSSR count). The third kappa shape index (κ3) is 4.50. The van der Waals surface area contributed by atoms with Gasteiger partial charge >= 0.3 is 5.97 Å². The highest BCUT2D eigenvalue weighted by Gasteiger charge is 2.39. The Balaban J connectivity index is 1.79. The van der Waals surface area contributed by atoms with E-state index in [-0.39, 0.29) is 32.7 Å². The van der Waals surface area contributed by atoms with Crippen LogP contribution in [0.5, 0.6) is 11.5 Å². The van der Waals surface area contributed by atoms with E-state index in [1.165, 1.54) is 43.5 Å². The van der Waals surface area contributed by atoms with Crippen LogP contribution in [-0.4, -0.2) is 45.2 Å². The summed E-state index contributed by atoms with van der Waals surface area (Å²) in [5.41, 5.74) is 0.721. The standard InChI is InChI=1S/C23H19ClN2O7S/c1-32-19-10-8-15(24)12-21(19)34(30,31)26-13-20(23(28)29)33-18-9-7-14(11-17(18)26)22(27)25-16-5-3-2-4-6-16/h2-12,20H,13H2,1H3,(H,25,27)(H,28,29)/t20-/m1/s1. The molecule has 1 aliphatic rings. The molecule has 0 saturated carbocycles. The van der Waals surface area contributed by atoms with Crippen LogP contribution in [0.2, 0.25) is 5.02 Å². The lowest BCUT2D eigenvalue weighted by atomic mass is 10.1. The van der Waals surface area contributed by atoms with Crippen molar-refractivity contribution in [2.45, 2.75) is 11.0 Å². The number of anilines is 2. The molecule has 0 spiro atoms. The van der Waals surface area contributed by atoms with E-state index in [4.69, 9.17) is 21.1 Å². The van der Waals surface area contributed by atoms with Crippen molar-refractivity contribution < 1.29 is 32.6 Å². The average Bonchev–Trinajstić information content (AvgIpc) is 2.83. The number of nitrogens with one attached hydrogen (secondary N) is 1. The molecule has 0 unspecified atom stereocenters. The Kier molecular flexibility index (Phi) is 6.36. The molecular weight excluding hydrogens is 484 g/mol. The third-order valence-electron chi connectivity index (χ3n) is 5.09. The second kappa shape index (κ2) is 9.24. The molecule has 0 bridgehead atoms. The summed E-state index contributed by atoms with van der Waals surface area (Å²) in [6.07, 6.45) is -1.46. The Morgan fingerprint density at radius 2 is 1.85 bits per heavy atom. The van der Waals surface area contributed by atoms with Crippen LogP contribution in [0.3, 0.4) is 0 Å². The van der Waals surface area contributed by atoms with Crippen LogP contribution < -0.4 is 19.1 Å². The van der Waals surface area contributed by atoms with Crippen molar-refractivity contribution in [3.05, 3.63) is 77.3 Å². The van der Waals surface area contributed by atoms with Crippen LogP contribution in [0.4, 0.5) is 11.4 Å². The van der Waals surface area contributed by atoms with Gasteiger partial charge in [-0.2, -0.15) is 0 Å². The maximum Gasteiger partial charge on any atom is 0.346 e. The van der Waals surface area contributed by atoms with Crippen molar-refractivity contribution in [1.82, 2.24) is 0 Å². The predicted molar refractivity (Wildman–Crippen MR) is 125 cm³/mol. The topological polar surface area (TPSA) is 122 Å². The van der Waals surface area contributed by atoms with Crippen molar-refractivity contribution in [3.8, 4) is 11.5 Å². The van der Waals surface area contributed by atoms with Gasteiger partial charge in [-0.25, -0.2) is 13.2 Å². The summed E-state index contributed by atoms with van der Waals surface area (Å²) < 4.78 is 38.9. The van der Waals surface area contributed by atoms with Gasteiger partial charge in [-0.05, 0) is 48.5 Å². The van der Waals surface area contributed by atoms with E-state index < -0.39 is 34.5 Å². The van der Waals surface area contributed by atoms with Crippen LogP contribution in [0, 0.1) is 0 Å². The molecule has 1 atom stereocenters. The largest absolute Gasteiger partial charge is 0.495 e. The number of sulfonamides is 1. The fraction of sp³-hybridized carbons (Fsp3) is 0.130. The molecule has 0 aliphatic carbocycles. The molecule has 34 heavy (non-hydrogen) atoms. The van der Waals surface area contributed by atoms with Crippen LogP contribution in [-0.2, 0) is 14.8 Å². The van der Waals surface area contributed by atoms with Crippen LogP contribution >= 0.6 is 11.6 Å². The van der Waals surface area contributed by atoms with Crippen molar-refractivity contribution in [2.24, 2.45) is 0 Å². The number of carboxylic acid groups (broad SMARTS) is 1. The molecule has 9 nitrogen and oxygen atoms in total. The minimum absolute atomic E-state index is 0.000481. The Labute approximate surface area is 200 Å². The molecule has 0 saturated heterocycles. The highest BCUT2D eigenvalue weighted by molar-refractivity contribution is 7.93. The number of fused-ring (bicyclic) bond motifs is 1. The molecule has 3 aromatic carbocycles. The highest BCUT2D eigenvalue weighted by atomic mass is 35.5. The molecule has 1 amide bonds. The molecule has 0 aromatic heterocycles. The zero-order valence-electron chi connectivity index (χ0n) is 17.8. The Morgan fingerprint density at radius 3 is 2.53 bits per heavy atom. The Bertz CT molecular complexity index is 1360. The highest BCUT2D eigenvalue weighted by Crippen LogP contribution is 2.40. The van der Waals surface area contributed by atoms with Gasteiger partial charge in [-0.3, -0.25) is 9.10 Å². The molecule has 176 valence electrons. The number of carboxylic acids is 1.